The van der Waals surface area contributed by atoms with Crippen molar-refractivity contribution in [3.05, 3.63) is 30.0 Å². The number of fused-ring (bicyclic) bond motifs is 1. The molecule has 0 spiro atoms. The Hall–Kier alpha value is -0.870. The topological polar surface area (TPSA) is 21.1 Å². The van der Waals surface area contributed by atoms with Crippen molar-refractivity contribution < 1.29 is 0 Å². The predicted octanol–water partition coefficient (Wildman–Crippen LogP) is 3.18. The van der Waals surface area contributed by atoms with E-state index in [0.29, 0.717) is 6.04 Å². The first-order valence-corrected chi connectivity index (χ1v) is 7.46. The molecular formula is C14H20BrN3. The first-order chi connectivity index (χ1) is 8.63. The number of benzene rings is 1. The van der Waals surface area contributed by atoms with Gasteiger partial charge in [0.05, 0.1) is 11.2 Å². The number of rotatable bonds is 5. The highest BCUT2D eigenvalue weighted by atomic mass is 79.9. The van der Waals surface area contributed by atoms with Gasteiger partial charge in [-0.1, -0.05) is 34.1 Å². The van der Waals surface area contributed by atoms with Crippen molar-refractivity contribution in [2.75, 3.05) is 11.9 Å². The number of para-hydroxylation sites is 1. The van der Waals surface area contributed by atoms with Gasteiger partial charge in [0, 0.05) is 36.9 Å². The second-order valence-electron chi connectivity index (χ2n) is 4.84. The number of alkyl halides is 1. The Kier molecular flexibility index (Phi) is 4.40. The summed E-state index contributed by atoms with van der Waals surface area (Å²) in [5.74, 6) is 0. The minimum atomic E-state index is 0.531. The molecule has 0 saturated carbocycles. The highest BCUT2D eigenvalue weighted by Crippen LogP contribution is 2.19. The molecule has 0 atom stereocenters. The monoisotopic (exact) mass is 309 g/mol. The molecule has 0 amide bonds. The zero-order chi connectivity index (χ0) is 13.1. The molecule has 0 aliphatic rings. The lowest BCUT2D eigenvalue weighted by Crippen LogP contribution is -2.32. The molecule has 98 valence electrons. The molecule has 0 bridgehead atoms. The quantitative estimate of drug-likeness (QED) is 0.791. The second kappa shape index (κ2) is 5.85. The third kappa shape index (κ3) is 2.75. The van der Waals surface area contributed by atoms with Crippen LogP contribution in [0.25, 0.3) is 10.9 Å². The summed E-state index contributed by atoms with van der Waals surface area (Å²) in [6.07, 6.45) is 0. The third-order valence-corrected chi connectivity index (χ3v) is 3.64. The molecule has 1 heterocycles. The average molecular weight is 310 g/mol. The van der Waals surface area contributed by atoms with Crippen molar-refractivity contribution in [3.63, 3.8) is 0 Å². The van der Waals surface area contributed by atoms with Crippen molar-refractivity contribution in [2.24, 2.45) is 7.05 Å². The summed E-state index contributed by atoms with van der Waals surface area (Å²) in [7, 11) is 2.01. The Bertz CT molecular complexity index is 519. The standard InChI is InChI=1S/C14H20BrN3/c1-11(2)18(9-8-15)10-13-12-6-4-5-7-14(12)17(3)16-13/h4-7,11H,8-10H2,1-3H3. The van der Waals surface area contributed by atoms with Gasteiger partial charge in [-0.25, -0.2) is 0 Å². The van der Waals surface area contributed by atoms with Gasteiger partial charge in [0.25, 0.3) is 0 Å². The number of aryl methyl sites for hydroxylation is 1. The minimum Gasteiger partial charge on any atom is -0.294 e. The molecule has 0 aliphatic heterocycles. The van der Waals surface area contributed by atoms with E-state index in [4.69, 9.17) is 0 Å². The molecule has 0 radical (unpaired) electrons. The van der Waals surface area contributed by atoms with Crippen LogP contribution in [0, 0.1) is 0 Å². The molecule has 0 fully saturated rings. The highest BCUT2D eigenvalue weighted by molar-refractivity contribution is 9.09. The lowest BCUT2D eigenvalue weighted by atomic mass is 10.2. The Labute approximate surface area is 117 Å². The van der Waals surface area contributed by atoms with E-state index >= 15 is 0 Å². The Balaban J connectivity index is 2.30. The van der Waals surface area contributed by atoms with Crippen molar-refractivity contribution >= 4 is 26.8 Å². The van der Waals surface area contributed by atoms with Crippen LogP contribution in [0.1, 0.15) is 19.5 Å². The van der Waals surface area contributed by atoms with Gasteiger partial charge in [-0.2, -0.15) is 5.10 Å². The number of hydrogen-bond acceptors (Lipinski definition) is 2. The Morgan fingerprint density at radius 1 is 1.33 bits per heavy atom. The van der Waals surface area contributed by atoms with Gasteiger partial charge >= 0.3 is 0 Å². The molecule has 0 saturated heterocycles. The van der Waals surface area contributed by atoms with Crippen LogP contribution in [0.3, 0.4) is 0 Å². The van der Waals surface area contributed by atoms with Crippen molar-refractivity contribution in [2.45, 2.75) is 26.4 Å². The zero-order valence-corrected chi connectivity index (χ0v) is 12.8. The number of aromatic nitrogens is 2. The molecule has 1 aromatic heterocycles. The maximum atomic E-state index is 4.65. The minimum absolute atomic E-state index is 0.531. The van der Waals surface area contributed by atoms with Crippen LogP contribution >= 0.6 is 15.9 Å². The van der Waals surface area contributed by atoms with E-state index < -0.39 is 0 Å². The molecule has 3 nitrogen and oxygen atoms in total. The molecule has 1 aromatic carbocycles. The fourth-order valence-electron chi connectivity index (χ4n) is 2.23. The zero-order valence-electron chi connectivity index (χ0n) is 11.2. The first-order valence-electron chi connectivity index (χ1n) is 6.34. The fraction of sp³-hybridized carbons (Fsp3) is 0.500. The van der Waals surface area contributed by atoms with Gasteiger partial charge in [-0.05, 0) is 19.9 Å². The smallest absolute Gasteiger partial charge is 0.0843 e. The van der Waals surface area contributed by atoms with E-state index in [1.54, 1.807) is 0 Å². The highest BCUT2D eigenvalue weighted by Gasteiger charge is 2.14. The van der Waals surface area contributed by atoms with Gasteiger partial charge in [0.15, 0.2) is 0 Å². The fourth-order valence-corrected chi connectivity index (χ4v) is 2.68. The predicted molar refractivity (Wildman–Crippen MR) is 80.1 cm³/mol. The van der Waals surface area contributed by atoms with Crippen LogP contribution in [0.4, 0.5) is 0 Å². The van der Waals surface area contributed by atoms with E-state index in [1.165, 1.54) is 16.6 Å². The maximum absolute atomic E-state index is 4.65. The van der Waals surface area contributed by atoms with Crippen molar-refractivity contribution in [1.82, 2.24) is 14.7 Å². The molecule has 0 N–H and O–H groups in total. The molecule has 2 rings (SSSR count). The second-order valence-corrected chi connectivity index (χ2v) is 5.63. The van der Waals surface area contributed by atoms with Crippen molar-refractivity contribution in [1.29, 1.82) is 0 Å². The summed E-state index contributed by atoms with van der Waals surface area (Å²) in [5.41, 5.74) is 2.37. The average Bonchev–Trinajstić information content (AvgIpc) is 2.66. The third-order valence-electron chi connectivity index (χ3n) is 3.29. The summed E-state index contributed by atoms with van der Waals surface area (Å²) >= 11 is 3.52. The van der Waals surface area contributed by atoms with Crippen LogP contribution in [-0.4, -0.2) is 32.6 Å². The Morgan fingerprint density at radius 2 is 2.06 bits per heavy atom. The van der Waals surface area contributed by atoms with Crippen LogP contribution in [0.5, 0.6) is 0 Å². The lowest BCUT2D eigenvalue weighted by molar-refractivity contribution is 0.225. The van der Waals surface area contributed by atoms with Gasteiger partial charge in [-0.3, -0.25) is 9.58 Å². The number of halogens is 1. The van der Waals surface area contributed by atoms with E-state index in [-0.39, 0.29) is 0 Å². The van der Waals surface area contributed by atoms with Gasteiger partial charge in [-0.15, -0.1) is 0 Å². The molecular weight excluding hydrogens is 290 g/mol. The summed E-state index contributed by atoms with van der Waals surface area (Å²) in [6, 6.07) is 8.95. The van der Waals surface area contributed by atoms with Crippen LogP contribution in [-0.2, 0) is 13.6 Å². The van der Waals surface area contributed by atoms with E-state index in [1.807, 2.05) is 11.7 Å². The normalized spacial score (nSPS) is 11.9. The summed E-state index contributed by atoms with van der Waals surface area (Å²) in [6.45, 7) is 6.41. The van der Waals surface area contributed by atoms with Crippen LogP contribution in [0.2, 0.25) is 0 Å². The summed E-state index contributed by atoms with van der Waals surface area (Å²) < 4.78 is 1.97. The molecule has 18 heavy (non-hydrogen) atoms. The summed E-state index contributed by atoms with van der Waals surface area (Å²) in [5, 5.41) is 6.91. The van der Waals surface area contributed by atoms with Gasteiger partial charge in [0.1, 0.15) is 0 Å². The summed E-state index contributed by atoms with van der Waals surface area (Å²) in [4.78, 5) is 2.43. The maximum Gasteiger partial charge on any atom is 0.0843 e. The van der Waals surface area contributed by atoms with Gasteiger partial charge in [0.2, 0.25) is 0 Å². The SMILES string of the molecule is CC(C)N(CCBr)Cc1nn(C)c2ccccc12. The molecule has 4 heteroatoms. The van der Waals surface area contributed by atoms with Crippen LogP contribution in [0.15, 0.2) is 24.3 Å². The van der Waals surface area contributed by atoms with E-state index in [2.05, 4.69) is 64.0 Å². The van der Waals surface area contributed by atoms with Crippen molar-refractivity contribution in [3.8, 4) is 0 Å². The number of nitrogens with zero attached hydrogens (tertiary/aromatic N) is 3. The molecule has 0 unspecified atom stereocenters. The number of hydrogen-bond donors (Lipinski definition) is 0. The van der Waals surface area contributed by atoms with Crippen LogP contribution < -0.4 is 0 Å². The van der Waals surface area contributed by atoms with Gasteiger partial charge < -0.3 is 0 Å². The van der Waals surface area contributed by atoms with E-state index in [9.17, 15) is 0 Å². The largest absolute Gasteiger partial charge is 0.294 e. The first kappa shape index (κ1) is 13.6. The van der Waals surface area contributed by atoms with E-state index in [0.717, 1.165) is 18.4 Å². The molecule has 0 aliphatic carbocycles. The molecule has 2 aromatic rings. The Morgan fingerprint density at radius 3 is 2.72 bits per heavy atom. The lowest BCUT2D eigenvalue weighted by Gasteiger charge is -2.24.